The molecule has 0 spiro atoms. The van der Waals surface area contributed by atoms with E-state index in [0.717, 1.165) is 63.9 Å². The predicted octanol–water partition coefficient (Wildman–Crippen LogP) is 2.10. The fraction of sp³-hybridized carbons (Fsp3) is 0.923. The maximum absolute atomic E-state index is 14.1. The van der Waals surface area contributed by atoms with Gasteiger partial charge in [0.15, 0.2) is 0 Å². The first-order valence-corrected chi connectivity index (χ1v) is 13.4. The van der Waals surface area contributed by atoms with Crippen LogP contribution in [0, 0.1) is 5.92 Å². The van der Waals surface area contributed by atoms with E-state index in [2.05, 4.69) is 17.1 Å². The highest BCUT2D eigenvalue weighted by molar-refractivity contribution is 5.95. The number of rotatable bonds is 5. The number of carbonyl (C=O) groups excluding carboxylic acids is 2. The number of nitrogens with one attached hydrogen (secondary N) is 1. The maximum Gasteiger partial charge on any atom is 0.247 e. The highest BCUT2D eigenvalue weighted by Gasteiger charge is 2.60. The van der Waals surface area contributed by atoms with Gasteiger partial charge in [-0.2, -0.15) is 0 Å². The number of fused-ring (bicyclic) bond motifs is 3. The molecule has 8 heteroatoms. The van der Waals surface area contributed by atoms with Gasteiger partial charge < -0.3 is 24.4 Å². The average molecular weight is 478 g/mol. The molecule has 0 radical (unpaired) electrons. The highest BCUT2D eigenvalue weighted by Crippen LogP contribution is 2.43. The molecule has 7 unspecified atom stereocenters. The van der Waals surface area contributed by atoms with Crippen molar-refractivity contribution in [2.75, 3.05) is 27.4 Å². The molecule has 5 aliphatic rings. The van der Waals surface area contributed by atoms with E-state index in [1.54, 1.807) is 14.2 Å². The molecule has 192 valence electrons. The SMILES string of the molecule is COC1CCC(N2C(=O)C3CC4OCCC4N3CC2(C)C(=O)NC2CCC(C)CC2)CC1OC. The largest absolute Gasteiger partial charge is 0.379 e. The number of methoxy groups -OCH3 is 2. The highest BCUT2D eigenvalue weighted by atomic mass is 16.5. The molecule has 0 bridgehead atoms. The fourth-order valence-electron chi connectivity index (χ4n) is 7.48. The van der Waals surface area contributed by atoms with Gasteiger partial charge in [0.05, 0.1) is 24.4 Å². The third-order valence-corrected chi connectivity index (χ3v) is 9.52. The van der Waals surface area contributed by atoms with Gasteiger partial charge in [0.2, 0.25) is 11.8 Å². The first-order chi connectivity index (χ1) is 16.4. The molecule has 0 aromatic carbocycles. The van der Waals surface area contributed by atoms with E-state index in [1.165, 1.54) is 0 Å². The summed E-state index contributed by atoms with van der Waals surface area (Å²) in [4.78, 5) is 32.4. The first kappa shape index (κ1) is 24.5. The zero-order chi connectivity index (χ0) is 24.0. The molecule has 8 nitrogen and oxygen atoms in total. The van der Waals surface area contributed by atoms with E-state index in [0.29, 0.717) is 13.0 Å². The molecule has 2 saturated carbocycles. The quantitative estimate of drug-likeness (QED) is 0.653. The molecule has 0 aromatic rings. The van der Waals surface area contributed by atoms with E-state index in [9.17, 15) is 9.59 Å². The maximum atomic E-state index is 14.1. The number of hydrogen-bond donors (Lipinski definition) is 1. The summed E-state index contributed by atoms with van der Waals surface area (Å²) in [6, 6.07) is 0.226. The molecule has 5 rings (SSSR count). The van der Waals surface area contributed by atoms with Gasteiger partial charge in [-0.3, -0.25) is 14.5 Å². The number of carbonyl (C=O) groups is 2. The number of amides is 2. The minimum absolute atomic E-state index is 0.00375. The van der Waals surface area contributed by atoms with Crippen LogP contribution in [0.2, 0.25) is 0 Å². The Kier molecular flexibility index (Phi) is 6.97. The standard InChI is InChI=1S/C26H43N3O5/c1-16-5-7-17(8-6-16)27-25(31)26(2)15-28-19-11-12-34-22(19)14-20(28)24(30)29(26)18-9-10-21(32-3)23(13-18)33-4/h16-23H,5-15H2,1-4H3,(H,27,31). The van der Waals surface area contributed by atoms with Gasteiger partial charge in [0.1, 0.15) is 5.54 Å². The van der Waals surface area contributed by atoms with Crippen LogP contribution in [0.4, 0.5) is 0 Å². The Morgan fingerprint density at radius 2 is 1.76 bits per heavy atom. The van der Waals surface area contributed by atoms with E-state index >= 15 is 0 Å². The van der Waals surface area contributed by atoms with Crippen LogP contribution in [-0.4, -0.2) is 97.0 Å². The van der Waals surface area contributed by atoms with Crippen molar-refractivity contribution in [3.63, 3.8) is 0 Å². The molecular formula is C26H43N3O5. The Morgan fingerprint density at radius 1 is 1.03 bits per heavy atom. The van der Waals surface area contributed by atoms with Crippen LogP contribution < -0.4 is 5.32 Å². The summed E-state index contributed by atoms with van der Waals surface area (Å²) >= 11 is 0. The van der Waals surface area contributed by atoms with Gasteiger partial charge in [-0.15, -0.1) is 0 Å². The van der Waals surface area contributed by atoms with Crippen LogP contribution in [0.15, 0.2) is 0 Å². The molecule has 1 N–H and O–H groups in total. The topological polar surface area (TPSA) is 80.3 Å². The normalized spacial score (nSPS) is 45.2. The summed E-state index contributed by atoms with van der Waals surface area (Å²) in [5.74, 6) is 0.821. The molecule has 34 heavy (non-hydrogen) atoms. The molecular weight excluding hydrogens is 434 g/mol. The molecule has 3 aliphatic heterocycles. The molecule has 0 aromatic heterocycles. The van der Waals surface area contributed by atoms with Gasteiger partial charge in [-0.1, -0.05) is 6.92 Å². The summed E-state index contributed by atoms with van der Waals surface area (Å²) in [7, 11) is 3.44. The van der Waals surface area contributed by atoms with E-state index in [4.69, 9.17) is 14.2 Å². The average Bonchev–Trinajstić information content (AvgIpc) is 3.43. The van der Waals surface area contributed by atoms with Crippen LogP contribution in [0.5, 0.6) is 0 Å². The predicted molar refractivity (Wildman–Crippen MR) is 127 cm³/mol. The summed E-state index contributed by atoms with van der Waals surface area (Å²) in [6.45, 7) is 5.60. The summed E-state index contributed by atoms with van der Waals surface area (Å²) in [5.41, 5.74) is -0.906. The van der Waals surface area contributed by atoms with Gasteiger partial charge >= 0.3 is 0 Å². The third-order valence-electron chi connectivity index (χ3n) is 9.52. The summed E-state index contributed by atoms with van der Waals surface area (Å²) < 4.78 is 17.4. The van der Waals surface area contributed by atoms with Crippen molar-refractivity contribution in [3.05, 3.63) is 0 Å². The van der Waals surface area contributed by atoms with Crippen molar-refractivity contribution in [1.29, 1.82) is 0 Å². The number of nitrogens with zero attached hydrogens (tertiary/aromatic N) is 2. The van der Waals surface area contributed by atoms with Crippen molar-refractivity contribution in [3.8, 4) is 0 Å². The number of piperazine rings is 1. The zero-order valence-corrected chi connectivity index (χ0v) is 21.3. The lowest BCUT2D eigenvalue weighted by Crippen LogP contribution is -2.74. The van der Waals surface area contributed by atoms with E-state index in [-0.39, 0.29) is 54.3 Å². The second-order valence-electron chi connectivity index (χ2n) is 11.6. The van der Waals surface area contributed by atoms with Crippen molar-refractivity contribution >= 4 is 11.8 Å². The minimum atomic E-state index is -0.906. The molecule has 2 aliphatic carbocycles. The van der Waals surface area contributed by atoms with Crippen molar-refractivity contribution in [2.24, 2.45) is 5.92 Å². The number of hydrogen-bond acceptors (Lipinski definition) is 6. The fourth-order valence-corrected chi connectivity index (χ4v) is 7.48. The molecule has 7 atom stereocenters. The van der Waals surface area contributed by atoms with E-state index < -0.39 is 5.54 Å². The van der Waals surface area contributed by atoms with Crippen LogP contribution in [0.25, 0.3) is 0 Å². The second-order valence-corrected chi connectivity index (χ2v) is 11.6. The zero-order valence-electron chi connectivity index (χ0n) is 21.3. The summed E-state index contributed by atoms with van der Waals surface area (Å²) in [5, 5.41) is 3.38. The number of ether oxygens (including phenoxy) is 3. The second kappa shape index (κ2) is 9.68. The van der Waals surface area contributed by atoms with Crippen LogP contribution in [0.1, 0.15) is 71.6 Å². The molecule has 3 heterocycles. The Bertz CT molecular complexity index is 772. The van der Waals surface area contributed by atoms with Crippen molar-refractivity contribution < 1.29 is 23.8 Å². The lowest BCUT2D eigenvalue weighted by Gasteiger charge is -2.54. The molecule has 2 amide bonds. The van der Waals surface area contributed by atoms with Gasteiger partial charge in [0, 0.05) is 45.5 Å². The lowest BCUT2D eigenvalue weighted by molar-refractivity contribution is -0.170. The van der Waals surface area contributed by atoms with Crippen LogP contribution >= 0.6 is 0 Å². The Balaban J connectivity index is 1.42. The van der Waals surface area contributed by atoms with Crippen molar-refractivity contribution in [2.45, 2.75) is 120 Å². The van der Waals surface area contributed by atoms with Crippen molar-refractivity contribution in [1.82, 2.24) is 15.1 Å². The Labute approximate surface area is 204 Å². The van der Waals surface area contributed by atoms with Crippen LogP contribution in [-0.2, 0) is 23.8 Å². The van der Waals surface area contributed by atoms with E-state index in [1.807, 2.05) is 11.8 Å². The third kappa shape index (κ3) is 4.18. The van der Waals surface area contributed by atoms with Gasteiger partial charge in [-0.25, -0.2) is 0 Å². The summed E-state index contributed by atoms with van der Waals surface area (Å²) in [6.07, 6.45) is 8.42. The molecule has 5 fully saturated rings. The smallest absolute Gasteiger partial charge is 0.247 e. The van der Waals surface area contributed by atoms with Gasteiger partial charge in [-0.05, 0) is 70.6 Å². The Hall–Kier alpha value is -1.22. The lowest BCUT2D eigenvalue weighted by atomic mass is 9.82. The monoisotopic (exact) mass is 477 g/mol. The van der Waals surface area contributed by atoms with Crippen LogP contribution in [0.3, 0.4) is 0 Å². The van der Waals surface area contributed by atoms with Gasteiger partial charge in [0.25, 0.3) is 0 Å². The molecule has 3 saturated heterocycles. The Morgan fingerprint density at radius 3 is 2.47 bits per heavy atom. The first-order valence-electron chi connectivity index (χ1n) is 13.4. The minimum Gasteiger partial charge on any atom is -0.379 e.